The molecular formula is C43H33Cl2N7O4. The van der Waals surface area contributed by atoms with Crippen molar-refractivity contribution in [3.05, 3.63) is 155 Å². The first-order chi connectivity index (χ1) is 27.0. The average molecular weight is 783 g/mol. The minimum atomic E-state index is -0.0429. The first-order valence-electron chi connectivity index (χ1n) is 17.0. The first kappa shape index (κ1) is 37.2. The summed E-state index contributed by atoms with van der Waals surface area (Å²) in [4.78, 5) is 8.78. The van der Waals surface area contributed by atoms with Crippen LogP contribution in [0.15, 0.2) is 144 Å². The van der Waals surface area contributed by atoms with E-state index in [0.717, 1.165) is 66.4 Å². The Morgan fingerprint density at radius 1 is 0.589 bits per heavy atom. The number of benzene rings is 6. The minimum absolute atomic E-state index is 0.0381. The molecule has 0 aliphatic heterocycles. The third kappa shape index (κ3) is 7.49. The van der Waals surface area contributed by atoms with Crippen LogP contribution in [0.4, 0.5) is 0 Å². The SMILES string of the molecule is Cn1cnc2cc(-c3c(C(N)=NO)cc(Cl)cc3-c3ccc(O)cc3)ccc21.NC(=NO)c1cc(Cl)cc(-c2ccc(O)cc2)c1-c1ccc2ncccc2c1. The van der Waals surface area contributed by atoms with Crippen LogP contribution in [0.1, 0.15) is 11.1 Å². The van der Waals surface area contributed by atoms with Gasteiger partial charge in [-0.25, -0.2) is 4.98 Å². The van der Waals surface area contributed by atoms with E-state index < -0.39 is 0 Å². The summed E-state index contributed by atoms with van der Waals surface area (Å²) in [6.45, 7) is 0. The fourth-order valence-corrected chi connectivity index (χ4v) is 7.04. The summed E-state index contributed by atoms with van der Waals surface area (Å²) in [7, 11) is 1.93. The van der Waals surface area contributed by atoms with E-state index in [1.807, 2.05) is 72.3 Å². The second kappa shape index (κ2) is 15.7. The average Bonchev–Trinajstić information content (AvgIpc) is 3.59. The predicted molar refractivity (Wildman–Crippen MR) is 223 cm³/mol. The van der Waals surface area contributed by atoms with E-state index in [4.69, 9.17) is 34.7 Å². The zero-order chi connectivity index (χ0) is 39.5. The van der Waals surface area contributed by atoms with Gasteiger partial charge in [0.05, 0.1) is 22.9 Å². The van der Waals surface area contributed by atoms with E-state index in [1.165, 1.54) is 0 Å². The summed E-state index contributed by atoms with van der Waals surface area (Å²) in [6.07, 6.45) is 3.50. The maximum atomic E-state index is 9.64. The number of aryl methyl sites for hydroxylation is 1. The van der Waals surface area contributed by atoms with Crippen LogP contribution in [0.5, 0.6) is 11.5 Å². The van der Waals surface area contributed by atoms with Crippen LogP contribution in [-0.4, -0.2) is 46.8 Å². The summed E-state index contributed by atoms with van der Waals surface area (Å²) in [5, 5.41) is 46.1. The molecule has 11 nitrogen and oxygen atoms in total. The topological polar surface area (TPSA) is 188 Å². The number of pyridine rings is 1. The van der Waals surface area contributed by atoms with E-state index in [9.17, 15) is 20.6 Å². The van der Waals surface area contributed by atoms with Crippen LogP contribution in [0.2, 0.25) is 10.0 Å². The van der Waals surface area contributed by atoms with Crippen LogP contribution in [-0.2, 0) is 7.05 Å². The van der Waals surface area contributed by atoms with E-state index in [-0.39, 0.29) is 23.2 Å². The Hall–Kier alpha value is -7.08. The Balaban J connectivity index is 0.000000172. The lowest BCUT2D eigenvalue weighted by Crippen LogP contribution is -2.15. The molecule has 8 aromatic rings. The molecule has 8 rings (SSSR count). The molecule has 278 valence electrons. The third-order valence-electron chi connectivity index (χ3n) is 9.24. The molecule has 8 N–H and O–H groups in total. The molecule has 0 aliphatic rings. The molecule has 0 bridgehead atoms. The normalized spacial score (nSPS) is 11.8. The van der Waals surface area contributed by atoms with Crippen LogP contribution in [0.3, 0.4) is 0 Å². The number of hydrogen-bond donors (Lipinski definition) is 6. The van der Waals surface area contributed by atoms with Crippen molar-refractivity contribution in [3.8, 4) is 56.0 Å². The molecule has 0 unspecified atom stereocenters. The number of nitrogens with two attached hydrogens (primary N) is 2. The van der Waals surface area contributed by atoms with E-state index in [0.29, 0.717) is 21.2 Å². The van der Waals surface area contributed by atoms with Gasteiger partial charge in [0.1, 0.15) is 11.5 Å². The number of oxime groups is 2. The van der Waals surface area contributed by atoms with Crippen LogP contribution in [0.25, 0.3) is 66.4 Å². The Labute approximate surface area is 330 Å². The number of aromatic nitrogens is 3. The number of rotatable bonds is 6. The first-order valence-corrected chi connectivity index (χ1v) is 17.8. The molecule has 0 aliphatic carbocycles. The van der Waals surface area contributed by atoms with Crippen molar-refractivity contribution >= 4 is 56.8 Å². The number of hydrogen-bond acceptors (Lipinski definition) is 8. The number of imidazole rings is 1. The molecule has 0 radical (unpaired) electrons. The lowest BCUT2D eigenvalue weighted by atomic mass is 9.89. The molecule has 0 amide bonds. The van der Waals surface area contributed by atoms with Gasteiger partial charge in [0, 0.05) is 50.9 Å². The number of nitrogens with zero attached hydrogens (tertiary/aromatic N) is 5. The molecule has 6 aromatic carbocycles. The lowest BCUT2D eigenvalue weighted by molar-refractivity contribution is 0.318. The molecule has 13 heteroatoms. The lowest BCUT2D eigenvalue weighted by Gasteiger charge is -2.16. The maximum Gasteiger partial charge on any atom is 0.170 e. The summed E-state index contributed by atoms with van der Waals surface area (Å²) >= 11 is 12.7. The molecule has 56 heavy (non-hydrogen) atoms. The van der Waals surface area contributed by atoms with E-state index >= 15 is 0 Å². The summed E-state index contributed by atoms with van der Waals surface area (Å²) < 4.78 is 1.94. The second-order valence-electron chi connectivity index (χ2n) is 12.8. The second-order valence-corrected chi connectivity index (χ2v) is 13.7. The predicted octanol–water partition coefficient (Wildman–Crippen LogP) is 9.38. The monoisotopic (exact) mass is 781 g/mol. The zero-order valence-corrected chi connectivity index (χ0v) is 31.1. The number of aromatic hydroxyl groups is 2. The quantitative estimate of drug-likeness (QED) is 0.0416. The number of amidine groups is 2. The fraction of sp³-hybridized carbons (Fsp3) is 0.0233. The highest BCUT2D eigenvalue weighted by atomic mass is 35.5. The largest absolute Gasteiger partial charge is 0.508 e. The number of phenols is 2. The number of fused-ring (bicyclic) bond motifs is 2. The highest BCUT2D eigenvalue weighted by molar-refractivity contribution is 6.32. The molecular weight excluding hydrogens is 749 g/mol. The smallest absolute Gasteiger partial charge is 0.170 e. The van der Waals surface area contributed by atoms with Gasteiger partial charge in [0.25, 0.3) is 0 Å². The Morgan fingerprint density at radius 2 is 1.09 bits per heavy atom. The van der Waals surface area contributed by atoms with Crippen molar-refractivity contribution in [2.45, 2.75) is 0 Å². The van der Waals surface area contributed by atoms with Crippen molar-refractivity contribution in [1.82, 2.24) is 14.5 Å². The van der Waals surface area contributed by atoms with Gasteiger partial charge in [0.15, 0.2) is 11.7 Å². The summed E-state index contributed by atoms with van der Waals surface area (Å²) in [6, 6.07) is 36.2. The van der Waals surface area contributed by atoms with Gasteiger partial charge in [0.2, 0.25) is 0 Å². The van der Waals surface area contributed by atoms with Crippen molar-refractivity contribution in [3.63, 3.8) is 0 Å². The molecule has 0 saturated carbocycles. The van der Waals surface area contributed by atoms with E-state index in [1.54, 1.807) is 73.2 Å². The third-order valence-corrected chi connectivity index (χ3v) is 9.67. The Kier molecular flexibility index (Phi) is 10.5. The standard InChI is InChI=1S/C22H16ClN3O2.C21H17ClN4O2/c23-16-11-18(13-3-6-17(27)7-4-13)21(19(12-16)22(24)26-28)15-5-8-20-14(10-15)2-1-9-25-20;1-26-11-24-18-8-13(4-7-19(18)26)20-16(12-2-5-15(27)6-3-12)9-14(22)10-17(20)21(23)25-28/h1-12,27-28H,(H2,24,26);2-11,27-28H,1H3,(H2,23,25). The van der Waals surface area contributed by atoms with Crippen molar-refractivity contribution in [1.29, 1.82) is 0 Å². The van der Waals surface area contributed by atoms with Gasteiger partial charge in [-0.2, -0.15) is 0 Å². The molecule has 0 atom stereocenters. The Morgan fingerprint density at radius 3 is 1.62 bits per heavy atom. The van der Waals surface area contributed by atoms with Gasteiger partial charge in [-0.05, 0) is 112 Å². The maximum absolute atomic E-state index is 9.64. The molecule has 0 spiro atoms. The molecule has 0 saturated heterocycles. The zero-order valence-electron chi connectivity index (χ0n) is 29.6. The van der Waals surface area contributed by atoms with Gasteiger partial charge < -0.3 is 36.7 Å². The van der Waals surface area contributed by atoms with Crippen molar-refractivity contribution in [2.75, 3.05) is 0 Å². The minimum Gasteiger partial charge on any atom is -0.508 e. The van der Waals surface area contributed by atoms with Crippen LogP contribution >= 0.6 is 23.2 Å². The Bertz CT molecular complexity index is 2800. The van der Waals surface area contributed by atoms with Crippen LogP contribution in [0, 0.1) is 0 Å². The number of halogens is 2. The van der Waals surface area contributed by atoms with Gasteiger partial charge in [-0.15, -0.1) is 0 Å². The number of phenolic OH excluding ortho intramolecular Hbond substituents is 2. The van der Waals surface area contributed by atoms with Gasteiger partial charge >= 0.3 is 0 Å². The highest BCUT2D eigenvalue weighted by Gasteiger charge is 2.20. The van der Waals surface area contributed by atoms with Crippen molar-refractivity contribution < 1.29 is 20.6 Å². The van der Waals surface area contributed by atoms with Gasteiger partial charge in [-0.1, -0.05) is 76.0 Å². The summed E-state index contributed by atoms with van der Waals surface area (Å²) in [5.74, 6) is 0.252. The molecule has 2 aromatic heterocycles. The van der Waals surface area contributed by atoms with E-state index in [2.05, 4.69) is 20.3 Å². The fourth-order valence-electron chi connectivity index (χ4n) is 6.61. The van der Waals surface area contributed by atoms with Crippen molar-refractivity contribution in [2.24, 2.45) is 28.8 Å². The van der Waals surface area contributed by atoms with Crippen LogP contribution < -0.4 is 11.5 Å². The molecule has 0 fully saturated rings. The highest BCUT2D eigenvalue weighted by Crippen LogP contribution is 2.40. The molecule has 2 heterocycles. The van der Waals surface area contributed by atoms with Gasteiger partial charge in [-0.3, -0.25) is 4.98 Å². The summed E-state index contributed by atoms with van der Waals surface area (Å²) in [5.41, 5.74) is 22.2.